The van der Waals surface area contributed by atoms with E-state index in [1.165, 1.54) is 12.8 Å². The van der Waals surface area contributed by atoms with Crippen molar-refractivity contribution in [1.82, 2.24) is 4.90 Å². The van der Waals surface area contributed by atoms with Crippen LogP contribution in [0.3, 0.4) is 0 Å². The summed E-state index contributed by atoms with van der Waals surface area (Å²) in [6.07, 6.45) is 5.48. The Bertz CT molecular complexity index is 226. The summed E-state index contributed by atoms with van der Waals surface area (Å²) in [5.41, 5.74) is 6.27. The highest BCUT2D eigenvalue weighted by Crippen LogP contribution is 2.37. The van der Waals surface area contributed by atoms with Crippen LogP contribution in [-0.2, 0) is 4.79 Å². The van der Waals surface area contributed by atoms with E-state index in [2.05, 4.69) is 13.8 Å². The van der Waals surface area contributed by atoms with Crippen molar-refractivity contribution < 1.29 is 4.79 Å². The number of carbonyl (C=O) groups is 1. The lowest BCUT2D eigenvalue weighted by Gasteiger charge is -2.41. The predicted octanol–water partition coefficient (Wildman–Crippen LogP) is 2.15. The number of hydrogen-bond donors (Lipinski definition) is 1. The minimum absolute atomic E-state index is 0.142. The average molecular weight is 226 g/mol. The summed E-state index contributed by atoms with van der Waals surface area (Å²) in [6, 6.07) is -0.296. The third kappa shape index (κ3) is 2.76. The van der Waals surface area contributed by atoms with Crippen LogP contribution in [0.25, 0.3) is 0 Å². The van der Waals surface area contributed by atoms with E-state index in [0.29, 0.717) is 5.41 Å². The van der Waals surface area contributed by atoms with Crippen LogP contribution in [0.4, 0.5) is 0 Å². The van der Waals surface area contributed by atoms with Gasteiger partial charge in [0, 0.05) is 13.1 Å². The number of piperidine rings is 1. The molecular weight excluding hydrogens is 200 g/mol. The Balaban J connectivity index is 2.51. The fourth-order valence-corrected chi connectivity index (χ4v) is 2.57. The van der Waals surface area contributed by atoms with Crippen LogP contribution in [0, 0.1) is 5.41 Å². The van der Waals surface area contributed by atoms with E-state index in [1.807, 2.05) is 11.8 Å². The van der Waals surface area contributed by atoms with Crippen LogP contribution in [0.15, 0.2) is 0 Å². The number of hydrogen-bond acceptors (Lipinski definition) is 2. The van der Waals surface area contributed by atoms with Gasteiger partial charge in [-0.2, -0.15) is 0 Å². The lowest BCUT2D eigenvalue weighted by Crippen LogP contribution is -2.49. The first-order valence-corrected chi connectivity index (χ1v) is 6.63. The lowest BCUT2D eigenvalue weighted by molar-refractivity contribution is -0.135. The Kier molecular flexibility index (Phi) is 4.78. The van der Waals surface area contributed by atoms with Gasteiger partial charge >= 0.3 is 0 Å². The van der Waals surface area contributed by atoms with Crippen LogP contribution >= 0.6 is 0 Å². The minimum atomic E-state index is -0.296. The molecule has 1 amide bonds. The number of nitrogens with zero attached hydrogens (tertiary/aromatic N) is 1. The quantitative estimate of drug-likeness (QED) is 0.798. The molecule has 0 aromatic heterocycles. The van der Waals surface area contributed by atoms with Crippen LogP contribution in [0.1, 0.15) is 52.9 Å². The van der Waals surface area contributed by atoms with Crippen molar-refractivity contribution in [2.24, 2.45) is 11.1 Å². The SMILES string of the molecule is CCC(N)C(=O)N1CCC(CC)(CC)CC1. The summed E-state index contributed by atoms with van der Waals surface area (Å²) < 4.78 is 0. The fraction of sp³-hybridized carbons (Fsp3) is 0.923. The second-order valence-corrected chi connectivity index (χ2v) is 5.05. The Labute approximate surface area is 99.4 Å². The second kappa shape index (κ2) is 5.67. The predicted molar refractivity (Wildman–Crippen MR) is 67.1 cm³/mol. The molecular formula is C13H26N2O. The summed E-state index contributed by atoms with van der Waals surface area (Å²) >= 11 is 0. The number of carbonyl (C=O) groups excluding carboxylic acids is 1. The van der Waals surface area contributed by atoms with Crippen molar-refractivity contribution in [3.8, 4) is 0 Å². The molecule has 1 heterocycles. The average Bonchev–Trinajstić information content (AvgIpc) is 2.37. The van der Waals surface area contributed by atoms with Crippen molar-refractivity contribution in [1.29, 1.82) is 0 Å². The Morgan fingerprint density at radius 2 is 1.75 bits per heavy atom. The first-order valence-electron chi connectivity index (χ1n) is 6.63. The number of rotatable bonds is 4. The third-order valence-corrected chi connectivity index (χ3v) is 4.39. The molecule has 0 spiro atoms. The molecule has 2 N–H and O–H groups in total. The van der Waals surface area contributed by atoms with Gasteiger partial charge in [0.1, 0.15) is 0 Å². The highest BCUT2D eigenvalue weighted by molar-refractivity contribution is 5.81. The van der Waals surface area contributed by atoms with Gasteiger partial charge in [0.2, 0.25) is 5.91 Å². The standard InChI is InChI=1S/C13H26N2O/c1-4-11(14)12(16)15-9-7-13(5-2,6-3)8-10-15/h11H,4-10,14H2,1-3H3. The molecule has 1 saturated heterocycles. The monoisotopic (exact) mass is 226 g/mol. The zero-order valence-electron chi connectivity index (χ0n) is 11.0. The van der Waals surface area contributed by atoms with Gasteiger partial charge in [0.05, 0.1) is 6.04 Å². The van der Waals surface area contributed by atoms with Crippen molar-refractivity contribution >= 4 is 5.91 Å². The topological polar surface area (TPSA) is 46.3 Å². The molecule has 16 heavy (non-hydrogen) atoms. The summed E-state index contributed by atoms with van der Waals surface area (Å²) in [4.78, 5) is 13.9. The molecule has 0 bridgehead atoms. The highest BCUT2D eigenvalue weighted by Gasteiger charge is 2.33. The molecule has 0 aromatic carbocycles. The second-order valence-electron chi connectivity index (χ2n) is 5.05. The van der Waals surface area contributed by atoms with Crippen LogP contribution < -0.4 is 5.73 Å². The summed E-state index contributed by atoms with van der Waals surface area (Å²) in [5.74, 6) is 0.142. The van der Waals surface area contributed by atoms with Crippen molar-refractivity contribution in [2.45, 2.75) is 58.9 Å². The van der Waals surface area contributed by atoms with Crippen molar-refractivity contribution in [3.05, 3.63) is 0 Å². The maximum Gasteiger partial charge on any atom is 0.239 e. The van der Waals surface area contributed by atoms with Gasteiger partial charge in [0.25, 0.3) is 0 Å². The maximum atomic E-state index is 11.9. The molecule has 1 aliphatic rings. The fourth-order valence-electron chi connectivity index (χ4n) is 2.57. The van der Waals surface area contributed by atoms with E-state index in [4.69, 9.17) is 5.73 Å². The van der Waals surface area contributed by atoms with Crippen LogP contribution in [0.5, 0.6) is 0 Å². The molecule has 1 rings (SSSR count). The zero-order chi connectivity index (χ0) is 12.2. The number of nitrogens with two attached hydrogens (primary N) is 1. The van der Waals surface area contributed by atoms with Crippen molar-refractivity contribution in [2.75, 3.05) is 13.1 Å². The van der Waals surface area contributed by atoms with Crippen LogP contribution in [-0.4, -0.2) is 29.9 Å². The van der Waals surface area contributed by atoms with E-state index >= 15 is 0 Å². The van der Waals surface area contributed by atoms with Gasteiger partial charge in [-0.1, -0.05) is 33.6 Å². The summed E-state index contributed by atoms with van der Waals surface area (Å²) in [5, 5.41) is 0. The molecule has 0 radical (unpaired) electrons. The number of likely N-dealkylation sites (tertiary alicyclic amines) is 1. The van der Waals surface area contributed by atoms with E-state index in [-0.39, 0.29) is 11.9 Å². The van der Waals surface area contributed by atoms with Gasteiger partial charge in [-0.25, -0.2) is 0 Å². The van der Waals surface area contributed by atoms with Gasteiger partial charge < -0.3 is 10.6 Å². The number of amides is 1. The Hall–Kier alpha value is -0.570. The van der Waals surface area contributed by atoms with Gasteiger partial charge in [-0.05, 0) is 24.7 Å². The molecule has 1 aliphatic heterocycles. The summed E-state index contributed by atoms with van der Waals surface area (Å²) in [6.45, 7) is 8.29. The van der Waals surface area contributed by atoms with Gasteiger partial charge in [-0.15, -0.1) is 0 Å². The van der Waals surface area contributed by atoms with E-state index in [0.717, 1.165) is 32.4 Å². The zero-order valence-corrected chi connectivity index (χ0v) is 11.0. The van der Waals surface area contributed by atoms with Crippen molar-refractivity contribution in [3.63, 3.8) is 0 Å². The molecule has 94 valence electrons. The third-order valence-electron chi connectivity index (χ3n) is 4.39. The molecule has 0 aromatic rings. The highest BCUT2D eigenvalue weighted by atomic mass is 16.2. The first kappa shape index (κ1) is 13.5. The van der Waals surface area contributed by atoms with Crippen LogP contribution in [0.2, 0.25) is 0 Å². The molecule has 0 aliphatic carbocycles. The smallest absolute Gasteiger partial charge is 0.239 e. The molecule has 1 fully saturated rings. The van der Waals surface area contributed by atoms with Gasteiger partial charge in [0.15, 0.2) is 0 Å². The van der Waals surface area contributed by atoms with Gasteiger partial charge in [-0.3, -0.25) is 4.79 Å². The van der Waals surface area contributed by atoms with E-state index in [9.17, 15) is 4.79 Å². The first-order chi connectivity index (χ1) is 7.58. The Morgan fingerprint density at radius 3 is 2.12 bits per heavy atom. The molecule has 3 nitrogen and oxygen atoms in total. The Morgan fingerprint density at radius 1 is 1.25 bits per heavy atom. The van der Waals surface area contributed by atoms with E-state index < -0.39 is 0 Å². The molecule has 3 heteroatoms. The lowest BCUT2D eigenvalue weighted by atomic mass is 9.74. The molecule has 1 unspecified atom stereocenters. The minimum Gasteiger partial charge on any atom is -0.341 e. The molecule has 1 atom stereocenters. The van der Waals surface area contributed by atoms with E-state index in [1.54, 1.807) is 0 Å². The summed E-state index contributed by atoms with van der Waals surface area (Å²) in [7, 11) is 0. The largest absolute Gasteiger partial charge is 0.341 e. The molecule has 0 saturated carbocycles. The maximum absolute atomic E-state index is 11.9. The normalized spacial score (nSPS) is 21.9.